The molecule has 0 saturated carbocycles. The molecular formula is C9H9BrO3S. The molecule has 0 spiro atoms. The molecular weight excluding hydrogens is 268 g/mol. The van der Waals surface area contributed by atoms with Gasteiger partial charge in [0, 0.05) is 21.4 Å². The van der Waals surface area contributed by atoms with Gasteiger partial charge in [0.25, 0.3) is 0 Å². The quantitative estimate of drug-likeness (QED) is 0.664. The second kappa shape index (κ2) is 6.06. The molecule has 3 nitrogen and oxygen atoms in total. The summed E-state index contributed by atoms with van der Waals surface area (Å²) in [4.78, 5) is 11.1. The third-order valence-electron chi connectivity index (χ3n) is 1.37. The van der Waals surface area contributed by atoms with E-state index in [4.69, 9.17) is 9.29 Å². The lowest BCUT2D eigenvalue weighted by Crippen LogP contribution is -1.98. The third kappa shape index (κ3) is 4.64. The molecule has 14 heavy (non-hydrogen) atoms. The summed E-state index contributed by atoms with van der Waals surface area (Å²) in [7, 11) is 0. The lowest BCUT2D eigenvalue weighted by Gasteiger charge is -2.00. The Morgan fingerprint density at radius 3 is 2.64 bits per heavy atom. The van der Waals surface area contributed by atoms with Crippen molar-refractivity contribution in [1.82, 2.24) is 0 Å². The van der Waals surface area contributed by atoms with Gasteiger partial charge >= 0.3 is 5.97 Å². The zero-order valence-electron chi connectivity index (χ0n) is 7.27. The fourth-order valence-electron chi connectivity index (χ4n) is 0.729. The molecule has 0 heterocycles. The van der Waals surface area contributed by atoms with Crippen molar-refractivity contribution in [3.05, 3.63) is 28.7 Å². The van der Waals surface area contributed by atoms with Crippen LogP contribution in [-0.2, 0) is 8.98 Å². The number of benzene rings is 1. The molecule has 0 unspecified atom stereocenters. The first-order valence-corrected chi connectivity index (χ1v) is 5.49. The van der Waals surface area contributed by atoms with Crippen LogP contribution in [0, 0.1) is 0 Å². The summed E-state index contributed by atoms with van der Waals surface area (Å²) in [5, 5.41) is 8.35. The highest BCUT2D eigenvalue weighted by Gasteiger charge is 1.98. The number of hydrogen-bond donors (Lipinski definition) is 1. The zero-order chi connectivity index (χ0) is 10.4. The smallest absolute Gasteiger partial charge is 0.305 e. The van der Waals surface area contributed by atoms with Crippen LogP contribution in [0.5, 0.6) is 0 Å². The number of carboxylic acid groups (broad SMARTS) is 1. The lowest BCUT2D eigenvalue weighted by molar-refractivity contribution is -0.137. The predicted octanol–water partition coefficient (Wildman–Crippen LogP) is 2.95. The van der Waals surface area contributed by atoms with Crippen molar-refractivity contribution >= 4 is 33.9 Å². The van der Waals surface area contributed by atoms with Crippen LogP contribution in [0.25, 0.3) is 0 Å². The average Bonchev–Trinajstić information content (AvgIpc) is 2.15. The normalized spacial score (nSPS) is 10.1. The van der Waals surface area contributed by atoms with Gasteiger partial charge in [-0.1, -0.05) is 15.9 Å². The highest BCUT2D eigenvalue weighted by atomic mass is 79.9. The van der Waals surface area contributed by atoms with Gasteiger partial charge in [-0.3, -0.25) is 4.79 Å². The van der Waals surface area contributed by atoms with E-state index >= 15 is 0 Å². The van der Waals surface area contributed by atoms with Gasteiger partial charge in [0.05, 0.1) is 13.0 Å². The minimum absolute atomic E-state index is 0.0313. The molecule has 1 aromatic carbocycles. The van der Waals surface area contributed by atoms with E-state index in [2.05, 4.69) is 15.9 Å². The first-order chi connectivity index (χ1) is 6.68. The monoisotopic (exact) mass is 276 g/mol. The van der Waals surface area contributed by atoms with Crippen molar-refractivity contribution < 1.29 is 14.1 Å². The standard InChI is InChI=1S/C9H9BrO3S/c10-7-1-3-8(4-2-7)14-13-6-5-9(11)12/h1-4H,5-6H2,(H,11,12). The van der Waals surface area contributed by atoms with Gasteiger partial charge in [-0.2, -0.15) is 0 Å². The van der Waals surface area contributed by atoms with Crippen molar-refractivity contribution in [1.29, 1.82) is 0 Å². The Morgan fingerprint density at radius 1 is 1.43 bits per heavy atom. The van der Waals surface area contributed by atoms with Gasteiger partial charge in [-0.25, -0.2) is 0 Å². The van der Waals surface area contributed by atoms with E-state index in [-0.39, 0.29) is 13.0 Å². The highest BCUT2D eigenvalue weighted by Crippen LogP contribution is 2.21. The van der Waals surface area contributed by atoms with Gasteiger partial charge in [-0.15, -0.1) is 0 Å². The Kier molecular flexibility index (Phi) is 5.00. The van der Waals surface area contributed by atoms with Crippen LogP contribution in [-0.4, -0.2) is 17.7 Å². The maximum absolute atomic E-state index is 10.2. The summed E-state index contributed by atoms with van der Waals surface area (Å²) in [6, 6.07) is 7.61. The van der Waals surface area contributed by atoms with Crippen LogP contribution in [0.2, 0.25) is 0 Å². The van der Waals surface area contributed by atoms with Crippen LogP contribution in [0.1, 0.15) is 6.42 Å². The summed E-state index contributed by atoms with van der Waals surface area (Å²) in [6.45, 7) is 0.218. The van der Waals surface area contributed by atoms with Crippen molar-refractivity contribution in [2.75, 3.05) is 6.61 Å². The summed E-state index contributed by atoms with van der Waals surface area (Å²) in [6.07, 6.45) is 0.0313. The average molecular weight is 277 g/mol. The van der Waals surface area contributed by atoms with E-state index in [0.29, 0.717) is 0 Å². The minimum atomic E-state index is -0.846. The van der Waals surface area contributed by atoms with E-state index in [9.17, 15) is 4.79 Å². The van der Waals surface area contributed by atoms with Crippen molar-refractivity contribution in [2.24, 2.45) is 0 Å². The molecule has 0 fully saturated rings. The fourth-order valence-corrected chi connectivity index (χ4v) is 1.54. The lowest BCUT2D eigenvalue weighted by atomic mass is 10.4. The van der Waals surface area contributed by atoms with Gasteiger partial charge < -0.3 is 9.29 Å². The Hall–Kier alpha value is -0.520. The number of halogens is 1. The number of hydrogen-bond acceptors (Lipinski definition) is 3. The van der Waals surface area contributed by atoms with Gasteiger partial charge in [0.1, 0.15) is 0 Å². The van der Waals surface area contributed by atoms with E-state index < -0.39 is 5.97 Å². The van der Waals surface area contributed by atoms with E-state index in [1.165, 1.54) is 12.0 Å². The second-order valence-corrected chi connectivity index (χ2v) is 4.29. The SMILES string of the molecule is O=C(O)CCOSc1ccc(Br)cc1. The molecule has 5 heteroatoms. The maximum Gasteiger partial charge on any atom is 0.305 e. The van der Waals surface area contributed by atoms with E-state index in [1.807, 2.05) is 24.3 Å². The molecule has 1 N–H and O–H groups in total. The molecule has 0 aliphatic heterocycles. The van der Waals surface area contributed by atoms with Gasteiger partial charge in [0.2, 0.25) is 0 Å². The Morgan fingerprint density at radius 2 is 2.07 bits per heavy atom. The van der Waals surface area contributed by atoms with E-state index in [1.54, 1.807) is 0 Å². The molecule has 1 rings (SSSR count). The number of rotatable bonds is 5. The molecule has 0 radical (unpaired) electrons. The van der Waals surface area contributed by atoms with E-state index in [0.717, 1.165) is 9.37 Å². The Balaban J connectivity index is 2.25. The molecule has 0 aliphatic carbocycles. The highest BCUT2D eigenvalue weighted by molar-refractivity contribution is 9.10. The minimum Gasteiger partial charge on any atom is -0.481 e. The number of carbonyl (C=O) groups is 1. The second-order valence-electron chi connectivity index (χ2n) is 2.50. The molecule has 0 bridgehead atoms. The van der Waals surface area contributed by atoms with Crippen molar-refractivity contribution in [3.63, 3.8) is 0 Å². The molecule has 0 aromatic heterocycles. The summed E-state index contributed by atoms with van der Waals surface area (Å²) >= 11 is 4.51. The van der Waals surface area contributed by atoms with Crippen molar-refractivity contribution in [3.8, 4) is 0 Å². The Labute approximate surface area is 94.8 Å². The first-order valence-electron chi connectivity index (χ1n) is 3.95. The fraction of sp³-hybridized carbons (Fsp3) is 0.222. The summed E-state index contributed by atoms with van der Waals surface area (Å²) < 4.78 is 6.10. The predicted molar refractivity (Wildman–Crippen MR) is 58.2 cm³/mol. The summed E-state index contributed by atoms with van der Waals surface area (Å²) in [5.41, 5.74) is 0. The largest absolute Gasteiger partial charge is 0.481 e. The van der Waals surface area contributed by atoms with Gasteiger partial charge in [0.15, 0.2) is 0 Å². The van der Waals surface area contributed by atoms with Gasteiger partial charge in [-0.05, 0) is 24.3 Å². The maximum atomic E-state index is 10.2. The molecule has 0 atom stereocenters. The van der Waals surface area contributed by atoms with Crippen molar-refractivity contribution in [2.45, 2.75) is 11.3 Å². The molecule has 1 aromatic rings. The molecule has 0 aliphatic rings. The first kappa shape index (κ1) is 11.6. The summed E-state index contributed by atoms with van der Waals surface area (Å²) in [5.74, 6) is -0.846. The zero-order valence-corrected chi connectivity index (χ0v) is 9.68. The van der Waals surface area contributed by atoms with Crippen LogP contribution in [0.4, 0.5) is 0 Å². The third-order valence-corrected chi connectivity index (χ3v) is 2.65. The molecule has 0 saturated heterocycles. The topological polar surface area (TPSA) is 46.5 Å². The Bertz CT molecular complexity index is 299. The van der Waals surface area contributed by atoms with Crippen LogP contribution in [0.3, 0.4) is 0 Å². The molecule has 76 valence electrons. The van der Waals surface area contributed by atoms with Crippen LogP contribution >= 0.6 is 28.0 Å². The van der Waals surface area contributed by atoms with Crippen LogP contribution in [0.15, 0.2) is 33.6 Å². The van der Waals surface area contributed by atoms with Crippen LogP contribution < -0.4 is 0 Å². The number of aliphatic carboxylic acids is 1. The molecule has 0 amide bonds. The number of carboxylic acids is 1.